The number of aliphatic hydroxyl groups excluding tert-OH is 3. The van der Waals surface area contributed by atoms with E-state index >= 15 is 0 Å². The molecule has 1 saturated carbocycles. The second-order valence-electron chi connectivity index (χ2n) is 8.75. The van der Waals surface area contributed by atoms with E-state index < -0.39 is 36.0 Å². The second kappa shape index (κ2) is 13.5. The van der Waals surface area contributed by atoms with E-state index in [4.69, 9.17) is 5.21 Å². The Labute approximate surface area is 196 Å². The van der Waals surface area contributed by atoms with Gasteiger partial charge in [0.25, 0.3) is 0 Å². The molecule has 5 atom stereocenters. The number of alkyl halides is 3. The van der Waals surface area contributed by atoms with Crippen molar-refractivity contribution in [3.8, 4) is 0 Å². The quantitative estimate of drug-likeness (QED) is 0.122. The fraction of sp³-hybridized carbons (Fsp3) is 0.696. The van der Waals surface area contributed by atoms with Crippen LogP contribution in [0.1, 0.15) is 63.4 Å². The number of carbonyl (C=O) groups is 1. The smallest absolute Gasteiger partial charge is 0.393 e. The number of hydrogen-bond donors (Lipinski definition) is 5. The van der Waals surface area contributed by atoms with E-state index in [0.29, 0.717) is 30.6 Å². The zero-order valence-electron chi connectivity index (χ0n) is 18.5. The van der Waals surface area contributed by atoms with Crippen molar-refractivity contribution in [1.29, 1.82) is 0 Å². The monoisotopic (exact) mass is 493 g/mol. The molecule has 0 aliphatic heterocycles. The Bertz CT molecular complexity index is 736. The molecular weight excluding hydrogens is 459 g/mol. The van der Waals surface area contributed by atoms with Gasteiger partial charge in [-0.2, -0.15) is 13.2 Å². The molecule has 1 aromatic rings. The Morgan fingerprint density at radius 3 is 2.42 bits per heavy atom. The molecule has 0 saturated heterocycles. The summed E-state index contributed by atoms with van der Waals surface area (Å²) in [5, 5.41) is 39.5. The van der Waals surface area contributed by atoms with Crippen LogP contribution < -0.4 is 5.48 Å². The standard InChI is InChI=1S/C23H34F3NO5S/c24-23(25,26)15-6-5-7-17(12-15)33-14-16(28)10-11-19-18(20(29)13-21(19)30)8-3-1-2-4-9-22(31)27-32/h5-7,12,16,18-21,28-30,32H,1-4,8-11,13-14H2,(H,27,31)/t16?,18?,19-,20+,21-/m1/s1. The molecule has 2 unspecified atom stereocenters. The highest BCUT2D eigenvalue weighted by molar-refractivity contribution is 7.99. The van der Waals surface area contributed by atoms with Crippen LogP contribution in [0.5, 0.6) is 0 Å². The third-order valence-corrected chi connectivity index (χ3v) is 7.41. The molecular formula is C23H34F3NO5S. The van der Waals surface area contributed by atoms with E-state index in [1.807, 2.05) is 0 Å². The predicted octanol–water partition coefficient (Wildman–Crippen LogP) is 4.14. The van der Waals surface area contributed by atoms with Gasteiger partial charge in [-0.1, -0.05) is 25.3 Å². The molecule has 188 valence electrons. The molecule has 0 bridgehead atoms. The van der Waals surface area contributed by atoms with Crippen LogP contribution in [0.3, 0.4) is 0 Å². The number of aliphatic hydroxyl groups is 3. The SMILES string of the molecule is O=C(CCCCCCC1[C@@H](CCC(O)CSc2cccc(C(F)(F)F)c2)[C@H](O)C[C@@H]1O)NO. The van der Waals surface area contributed by atoms with Gasteiger partial charge in [0.05, 0.1) is 23.9 Å². The first-order valence-corrected chi connectivity index (χ1v) is 12.4. The Hall–Kier alpha value is -1.33. The van der Waals surface area contributed by atoms with Crippen molar-refractivity contribution in [2.75, 3.05) is 5.75 Å². The number of rotatable bonds is 13. The number of carbonyl (C=O) groups excluding carboxylic acids is 1. The number of unbranched alkanes of at least 4 members (excludes halogenated alkanes) is 3. The molecule has 33 heavy (non-hydrogen) atoms. The van der Waals surface area contributed by atoms with E-state index in [0.717, 1.165) is 49.6 Å². The highest BCUT2D eigenvalue weighted by atomic mass is 32.2. The fourth-order valence-electron chi connectivity index (χ4n) is 4.48. The molecule has 1 aliphatic carbocycles. The summed E-state index contributed by atoms with van der Waals surface area (Å²) in [7, 11) is 0. The Morgan fingerprint density at radius 2 is 1.76 bits per heavy atom. The fourth-order valence-corrected chi connectivity index (χ4v) is 5.42. The van der Waals surface area contributed by atoms with Crippen LogP contribution >= 0.6 is 11.8 Å². The summed E-state index contributed by atoms with van der Waals surface area (Å²) in [5.41, 5.74) is 0.882. The average Bonchev–Trinajstić information content (AvgIpc) is 3.04. The van der Waals surface area contributed by atoms with Gasteiger partial charge in [0.1, 0.15) is 0 Å². The van der Waals surface area contributed by atoms with Crippen molar-refractivity contribution < 1.29 is 38.5 Å². The summed E-state index contributed by atoms with van der Waals surface area (Å²) in [5.74, 6) is -0.356. The molecule has 0 aromatic heterocycles. The molecule has 1 fully saturated rings. The number of amides is 1. The lowest BCUT2D eigenvalue weighted by Gasteiger charge is -2.24. The minimum Gasteiger partial charge on any atom is -0.393 e. The Kier molecular flexibility index (Phi) is 11.4. The van der Waals surface area contributed by atoms with E-state index in [1.54, 1.807) is 11.5 Å². The van der Waals surface area contributed by atoms with Gasteiger partial charge < -0.3 is 15.3 Å². The maximum atomic E-state index is 12.8. The van der Waals surface area contributed by atoms with E-state index in [1.165, 1.54) is 6.07 Å². The number of thioether (sulfide) groups is 1. The van der Waals surface area contributed by atoms with Crippen molar-refractivity contribution >= 4 is 17.7 Å². The molecule has 0 radical (unpaired) electrons. The van der Waals surface area contributed by atoms with Gasteiger partial charge in [0.2, 0.25) is 5.91 Å². The first-order valence-electron chi connectivity index (χ1n) is 11.4. The summed E-state index contributed by atoms with van der Waals surface area (Å²) in [6.07, 6.45) is -0.909. The van der Waals surface area contributed by atoms with E-state index in [2.05, 4.69) is 0 Å². The van der Waals surface area contributed by atoms with Crippen LogP contribution in [0.4, 0.5) is 13.2 Å². The van der Waals surface area contributed by atoms with Gasteiger partial charge >= 0.3 is 6.18 Å². The number of hydrogen-bond acceptors (Lipinski definition) is 6. The summed E-state index contributed by atoms with van der Waals surface area (Å²) < 4.78 is 38.5. The highest BCUT2D eigenvalue weighted by Crippen LogP contribution is 2.39. The van der Waals surface area contributed by atoms with Crippen molar-refractivity contribution in [2.45, 2.75) is 87.2 Å². The maximum absolute atomic E-state index is 12.8. The topological polar surface area (TPSA) is 110 Å². The molecule has 1 aromatic carbocycles. The van der Waals surface area contributed by atoms with Crippen molar-refractivity contribution in [3.63, 3.8) is 0 Å². The van der Waals surface area contributed by atoms with Crippen molar-refractivity contribution in [3.05, 3.63) is 29.8 Å². The molecule has 0 heterocycles. The lowest BCUT2D eigenvalue weighted by molar-refractivity contribution is -0.137. The number of hydroxylamine groups is 1. The van der Waals surface area contributed by atoms with Crippen LogP contribution in [0.25, 0.3) is 0 Å². The molecule has 1 amide bonds. The summed E-state index contributed by atoms with van der Waals surface area (Å²) in [6, 6.07) is 5.01. The van der Waals surface area contributed by atoms with Gasteiger partial charge in [0.15, 0.2) is 0 Å². The van der Waals surface area contributed by atoms with Crippen LogP contribution in [-0.4, -0.2) is 50.5 Å². The third-order valence-electron chi connectivity index (χ3n) is 6.27. The van der Waals surface area contributed by atoms with Gasteiger partial charge in [-0.05, 0) is 62.1 Å². The van der Waals surface area contributed by atoms with Crippen LogP contribution in [0.15, 0.2) is 29.2 Å². The molecule has 0 spiro atoms. The summed E-state index contributed by atoms with van der Waals surface area (Å²) >= 11 is 1.16. The Morgan fingerprint density at radius 1 is 1.09 bits per heavy atom. The van der Waals surface area contributed by atoms with Crippen molar-refractivity contribution in [1.82, 2.24) is 5.48 Å². The maximum Gasteiger partial charge on any atom is 0.416 e. The second-order valence-corrected chi connectivity index (χ2v) is 9.85. The first-order chi connectivity index (χ1) is 15.6. The molecule has 6 nitrogen and oxygen atoms in total. The normalized spacial score (nSPS) is 24.1. The summed E-state index contributed by atoms with van der Waals surface area (Å²) in [4.78, 5) is 11.4. The van der Waals surface area contributed by atoms with Gasteiger partial charge in [-0.3, -0.25) is 10.0 Å². The van der Waals surface area contributed by atoms with Gasteiger partial charge in [-0.15, -0.1) is 11.8 Å². The van der Waals surface area contributed by atoms with E-state index in [-0.39, 0.29) is 24.0 Å². The number of benzene rings is 1. The number of nitrogens with one attached hydrogen (secondary N) is 1. The Balaban J connectivity index is 1.74. The number of halogens is 3. The first kappa shape index (κ1) is 27.9. The van der Waals surface area contributed by atoms with Crippen LogP contribution in [0, 0.1) is 11.8 Å². The van der Waals surface area contributed by atoms with Crippen molar-refractivity contribution in [2.24, 2.45) is 11.8 Å². The average molecular weight is 494 g/mol. The summed E-state index contributed by atoms with van der Waals surface area (Å²) in [6.45, 7) is 0. The molecule has 2 rings (SSSR count). The molecule has 1 aliphatic rings. The van der Waals surface area contributed by atoms with Gasteiger partial charge in [0, 0.05) is 17.1 Å². The minimum atomic E-state index is -4.41. The third kappa shape index (κ3) is 9.44. The predicted molar refractivity (Wildman–Crippen MR) is 119 cm³/mol. The largest absolute Gasteiger partial charge is 0.416 e. The lowest BCUT2D eigenvalue weighted by atomic mass is 9.85. The zero-order chi connectivity index (χ0) is 24.4. The molecule has 5 N–H and O–H groups in total. The highest BCUT2D eigenvalue weighted by Gasteiger charge is 2.40. The van der Waals surface area contributed by atoms with Crippen LogP contribution in [-0.2, 0) is 11.0 Å². The minimum absolute atomic E-state index is 0.0657. The van der Waals surface area contributed by atoms with Crippen LogP contribution in [0.2, 0.25) is 0 Å². The zero-order valence-corrected chi connectivity index (χ0v) is 19.3. The molecule has 10 heteroatoms. The van der Waals surface area contributed by atoms with E-state index in [9.17, 15) is 33.3 Å². The lowest BCUT2D eigenvalue weighted by Crippen LogP contribution is -2.24. The van der Waals surface area contributed by atoms with Gasteiger partial charge in [-0.25, -0.2) is 5.48 Å².